The summed E-state index contributed by atoms with van der Waals surface area (Å²) in [7, 11) is 0. The number of nitrogens with zero attached hydrogens (tertiary/aromatic N) is 1. The molecule has 6 heteroatoms. The number of aryl methyl sites for hydroxylation is 1. The van der Waals surface area contributed by atoms with Crippen LogP contribution >= 0.6 is 0 Å². The van der Waals surface area contributed by atoms with Gasteiger partial charge in [0.2, 0.25) is 0 Å². The summed E-state index contributed by atoms with van der Waals surface area (Å²) in [5.41, 5.74) is 2.26. The molecule has 1 heterocycles. The molecule has 138 valence electrons. The van der Waals surface area contributed by atoms with Crippen LogP contribution in [0.25, 0.3) is 0 Å². The van der Waals surface area contributed by atoms with E-state index >= 15 is 0 Å². The minimum absolute atomic E-state index is 0.0130. The molecule has 1 aliphatic rings. The first-order valence-corrected chi connectivity index (χ1v) is 8.68. The highest BCUT2D eigenvalue weighted by atomic mass is 19.1. The SMILES string of the molecule is Cc1cc(NC2CCN(C(=O)COc3ccc(CO)cc3)C2)ccc1F. The van der Waals surface area contributed by atoms with Gasteiger partial charge in [-0.1, -0.05) is 12.1 Å². The fourth-order valence-electron chi connectivity index (χ4n) is 3.00. The zero-order chi connectivity index (χ0) is 18.5. The zero-order valence-corrected chi connectivity index (χ0v) is 14.7. The Hall–Kier alpha value is -2.60. The van der Waals surface area contributed by atoms with E-state index in [1.165, 1.54) is 6.07 Å². The van der Waals surface area contributed by atoms with E-state index in [2.05, 4.69) is 5.32 Å². The third kappa shape index (κ3) is 4.52. The first-order valence-electron chi connectivity index (χ1n) is 8.68. The number of aliphatic hydroxyl groups is 1. The number of halogens is 1. The van der Waals surface area contributed by atoms with Gasteiger partial charge in [-0.25, -0.2) is 4.39 Å². The molecule has 2 aromatic carbocycles. The smallest absolute Gasteiger partial charge is 0.260 e. The maximum Gasteiger partial charge on any atom is 0.260 e. The van der Waals surface area contributed by atoms with Crippen molar-refractivity contribution in [1.82, 2.24) is 4.90 Å². The molecular weight excluding hydrogens is 335 g/mol. The number of benzene rings is 2. The Kier molecular flexibility index (Phi) is 5.73. The lowest BCUT2D eigenvalue weighted by Crippen LogP contribution is -2.35. The van der Waals surface area contributed by atoms with Crippen molar-refractivity contribution in [1.29, 1.82) is 0 Å². The molecule has 1 amide bonds. The van der Waals surface area contributed by atoms with Gasteiger partial charge in [0.05, 0.1) is 6.61 Å². The van der Waals surface area contributed by atoms with Gasteiger partial charge in [-0.3, -0.25) is 4.79 Å². The second-order valence-electron chi connectivity index (χ2n) is 6.52. The lowest BCUT2D eigenvalue weighted by molar-refractivity contribution is -0.132. The Morgan fingerprint density at radius 2 is 2.08 bits per heavy atom. The molecule has 0 aliphatic carbocycles. The Balaban J connectivity index is 1.48. The number of nitrogens with one attached hydrogen (secondary N) is 1. The monoisotopic (exact) mass is 358 g/mol. The number of carbonyl (C=O) groups is 1. The van der Waals surface area contributed by atoms with Crippen molar-refractivity contribution >= 4 is 11.6 Å². The molecule has 26 heavy (non-hydrogen) atoms. The van der Waals surface area contributed by atoms with Crippen LogP contribution in [0.5, 0.6) is 5.75 Å². The van der Waals surface area contributed by atoms with Crippen LogP contribution in [0, 0.1) is 12.7 Å². The van der Waals surface area contributed by atoms with Crippen LogP contribution in [0.1, 0.15) is 17.5 Å². The molecule has 1 aliphatic heterocycles. The third-order valence-electron chi connectivity index (χ3n) is 4.54. The van der Waals surface area contributed by atoms with Crippen molar-refractivity contribution in [2.75, 3.05) is 25.0 Å². The van der Waals surface area contributed by atoms with Crippen LogP contribution in [0.2, 0.25) is 0 Å². The van der Waals surface area contributed by atoms with Gasteiger partial charge in [-0.05, 0) is 54.8 Å². The molecule has 1 saturated heterocycles. The lowest BCUT2D eigenvalue weighted by atomic mass is 10.2. The molecule has 1 unspecified atom stereocenters. The number of carbonyl (C=O) groups excluding carboxylic acids is 1. The largest absolute Gasteiger partial charge is 0.484 e. The fraction of sp³-hybridized carbons (Fsp3) is 0.350. The Bertz CT molecular complexity index is 764. The van der Waals surface area contributed by atoms with E-state index in [0.717, 1.165) is 17.7 Å². The molecule has 0 radical (unpaired) electrons. The Morgan fingerprint density at radius 1 is 1.31 bits per heavy atom. The van der Waals surface area contributed by atoms with Crippen LogP contribution in [-0.4, -0.2) is 41.7 Å². The average molecular weight is 358 g/mol. The number of ether oxygens (including phenoxy) is 1. The van der Waals surface area contributed by atoms with Crippen LogP contribution in [0.15, 0.2) is 42.5 Å². The van der Waals surface area contributed by atoms with Crippen LogP contribution < -0.4 is 10.1 Å². The van der Waals surface area contributed by atoms with E-state index in [-0.39, 0.29) is 31.0 Å². The molecule has 0 spiro atoms. The average Bonchev–Trinajstić information content (AvgIpc) is 3.12. The number of anilines is 1. The maximum atomic E-state index is 13.3. The number of amides is 1. The normalized spacial score (nSPS) is 16.6. The van der Waals surface area contributed by atoms with Gasteiger partial charge in [0.1, 0.15) is 11.6 Å². The predicted octanol–water partition coefficient (Wildman–Crippen LogP) is 2.72. The van der Waals surface area contributed by atoms with Crippen molar-refractivity contribution in [3.05, 3.63) is 59.4 Å². The predicted molar refractivity (Wildman–Crippen MR) is 97.6 cm³/mol. The minimum Gasteiger partial charge on any atom is -0.484 e. The molecule has 1 fully saturated rings. The summed E-state index contributed by atoms with van der Waals surface area (Å²) in [5.74, 6) is 0.324. The summed E-state index contributed by atoms with van der Waals surface area (Å²) in [5, 5.41) is 12.4. The van der Waals surface area contributed by atoms with Gasteiger partial charge < -0.3 is 20.1 Å². The fourth-order valence-corrected chi connectivity index (χ4v) is 3.00. The van der Waals surface area contributed by atoms with Gasteiger partial charge in [-0.15, -0.1) is 0 Å². The van der Waals surface area contributed by atoms with Crippen LogP contribution in [0.3, 0.4) is 0 Å². The molecule has 3 rings (SSSR count). The van der Waals surface area contributed by atoms with Crippen molar-refractivity contribution in [2.45, 2.75) is 26.0 Å². The second kappa shape index (κ2) is 8.19. The summed E-state index contributed by atoms with van der Waals surface area (Å²) >= 11 is 0. The number of rotatable bonds is 6. The summed E-state index contributed by atoms with van der Waals surface area (Å²) in [6, 6.07) is 12.1. The summed E-state index contributed by atoms with van der Waals surface area (Å²) in [6.07, 6.45) is 0.841. The molecule has 2 aromatic rings. The van der Waals surface area contributed by atoms with Crippen LogP contribution in [0.4, 0.5) is 10.1 Å². The summed E-state index contributed by atoms with van der Waals surface area (Å²) in [6.45, 7) is 2.97. The van der Waals surface area contributed by atoms with Gasteiger partial charge >= 0.3 is 0 Å². The number of hydrogen-bond acceptors (Lipinski definition) is 4. The highest BCUT2D eigenvalue weighted by molar-refractivity contribution is 5.78. The molecule has 0 bridgehead atoms. The van der Waals surface area contributed by atoms with E-state index in [1.807, 2.05) is 0 Å². The number of hydrogen-bond donors (Lipinski definition) is 2. The molecule has 5 nitrogen and oxygen atoms in total. The second-order valence-corrected chi connectivity index (χ2v) is 6.52. The van der Waals surface area contributed by atoms with E-state index in [1.54, 1.807) is 48.2 Å². The zero-order valence-electron chi connectivity index (χ0n) is 14.7. The molecular formula is C20H23FN2O3. The van der Waals surface area contributed by atoms with Crippen molar-refractivity contribution in [2.24, 2.45) is 0 Å². The van der Waals surface area contributed by atoms with Crippen molar-refractivity contribution in [3.63, 3.8) is 0 Å². The maximum absolute atomic E-state index is 13.3. The van der Waals surface area contributed by atoms with E-state index < -0.39 is 0 Å². The molecule has 0 saturated carbocycles. The van der Waals surface area contributed by atoms with Crippen molar-refractivity contribution < 1.29 is 19.0 Å². The molecule has 2 N–H and O–H groups in total. The first kappa shape index (κ1) is 18.2. The third-order valence-corrected chi connectivity index (χ3v) is 4.54. The minimum atomic E-state index is -0.219. The summed E-state index contributed by atoms with van der Waals surface area (Å²) < 4.78 is 18.9. The topological polar surface area (TPSA) is 61.8 Å². The first-order chi connectivity index (χ1) is 12.5. The van der Waals surface area contributed by atoms with Crippen molar-refractivity contribution in [3.8, 4) is 5.75 Å². The number of aliphatic hydroxyl groups excluding tert-OH is 1. The molecule has 0 aromatic heterocycles. The van der Waals surface area contributed by atoms with Gasteiger partial charge in [0, 0.05) is 24.8 Å². The van der Waals surface area contributed by atoms with E-state index in [0.29, 0.717) is 24.4 Å². The quantitative estimate of drug-likeness (QED) is 0.834. The molecule has 1 atom stereocenters. The number of likely N-dealkylation sites (tertiary alicyclic amines) is 1. The van der Waals surface area contributed by atoms with Crippen LogP contribution in [-0.2, 0) is 11.4 Å². The highest BCUT2D eigenvalue weighted by Crippen LogP contribution is 2.19. The van der Waals surface area contributed by atoms with Gasteiger partial charge in [-0.2, -0.15) is 0 Å². The lowest BCUT2D eigenvalue weighted by Gasteiger charge is -2.18. The van der Waals surface area contributed by atoms with Gasteiger partial charge in [0.15, 0.2) is 6.61 Å². The van der Waals surface area contributed by atoms with Gasteiger partial charge in [0.25, 0.3) is 5.91 Å². The van der Waals surface area contributed by atoms with E-state index in [9.17, 15) is 9.18 Å². The summed E-state index contributed by atoms with van der Waals surface area (Å²) in [4.78, 5) is 14.1. The highest BCUT2D eigenvalue weighted by Gasteiger charge is 2.26. The standard InChI is InChI=1S/C20H23FN2O3/c1-14-10-16(4-7-19(14)21)22-17-8-9-23(11-17)20(25)13-26-18-5-2-15(12-24)3-6-18/h2-7,10,17,22,24H,8-9,11-13H2,1H3. The van der Waals surface area contributed by atoms with E-state index in [4.69, 9.17) is 9.84 Å². The Morgan fingerprint density at radius 3 is 2.77 bits per heavy atom. The Labute approximate surface area is 152 Å².